The maximum Gasteiger partial charge on any atom is 0.326 e. The molecule has 12 nitrogen and oxygen atoms in total. The van der Waals surface area contributed by atoms with Crippen molar-refractivity contribution in [2.45, 2.75) is 56.8 Å². The van der Waals surface area contributed by atoms with Crippen LogP contribution in [0.1, 0.15) is 31.7 Å². The number of aliphatic hydroxyl groups is 1. The minimum Gasteiger partial charge on any atom is -0.508 e. The van der Waals surface area contributed by atoms with Crippen LogP contribution in [0, 0.1) is 0 Å². The molecule has 0 aliphatic carbocycles. The first-order chi connectivity index (χ1) is 15.6. The third-order valence-corrected chi connectivity index (χ3v) is 4.84. The van der Waals surface area contributed by atoms with E-state index in [4.69, 9.17) is 11.5 Å². The summed E-state index contributed by atoms with van der Waals surface area (Å²) in [6.45, 7) is 1.26. The number of phenolic OH excluding ortho intramolecular Hbond substituents is 1. The molecule has 0 fully saturated rings. The van der Waals surface area contributed by atoms with Crippen LogP contribution in [0.25, 0.3) is 0 Å². The van der Waals surface area contributed by atoms with E-state index in [9.17, 15) is 34.5 Å². The molecular weight excluding hydrogens is 434 g/mol. The zero-order chi connectivity index (χ0) is 25.0. The second kappa shape index (κ2) is 14.0. The summed E-state index contributed by atoms with van der Waals surface area (Å²) < 4.78 is 0. The minimum absolute atomic E-state index is 0.0201. The van der Waals surface area contributed by atoms with Gasteiger partial charge in [0.2, 0.25) is 17.7 Å². The topological polar surface area (TPSA) is 217 Å². The van der Waals surface area contributed by atoms with Gasteiger partial charge in [-0.3, -0.25) is 14.4 Å². The first kappa shape index (κ1) is 27.8. The van der Waals surface area contributed by atoms with Gasteiger partial charge in [0.15, 0.2) is 0 Å². The van der Waals surface area contributed by atoms with Gasteiger partial charge in [0.05, 0.1) is 12.6 Å². The number of carboxylic acid groups (broad SMARTS) is 1. The fourth-order valence-electron chi connectivity index (χ4n) is 3.00. The van der Waals surface area contributed by atoms with Crippen LogP contribution in [-0.2, 0) is 25.6 Å². The van der Waals surface area contributed by atoms with Crippen LogP contribution in [-0.4, -0.2) is 76.3 Å². The third-order valence-electron chi connectivity index (χ3n) is 4.84. The molecule has 0 aliphatic heterocycles. The monoisotopic (exact) mass is 467 g/mol. The van der Waals surface area contributed by atoms with Crippen molar-refractivity contribution >= 4 is 23.7 Å². The number of aromatic hydroxyl groups is 1. The summed E-state index contributed by atoms with van der Waals surface area (Å²) in [4.78, 5) is 48.8. The molecule has 0 bridgehead atoms. The molecule has 12 heteroatoms. The van der Waals surface area contributed by atoms with E-state index in [-0.39, 0.29) is 18.6 Å². The number of carboxylic acids is 1. The maximum atomic E-state index is 12.9. The van der Waals surface area contributed by atoms with Gasteiger partial charge < -0.3 is 42.7 Å². The lowest BCUT2D eigenvalue weighted by Crippen LogP contribution is -2.58. The average Bonchev–Trinajstić information content (AvgIpc) is 2.77. The fraction of sp³-hybridized carbons (Fsp3) is 0.524. The predicted octanol–water partition coefficient (Wildman–Crippen LogP) is -2.06. The van der Waals surface area contributed by atoms with Crippen LogP contribution in [0.15, 0.2) is 24.3 Å². The van der Waals surface area contributed by atoms with Gasteiger partial charge in [-0.05, 0) is 50.4 Å². The normalized spacial score (nSPS) is 14.4. The van der Waals surface area contributed by atoms with Gasteiger partial charge in [-0.25, -0.2) is 4.79 Å². The lowest BCUT2D eigenvalue weighted by atomic mass is 10.0. The highest BCUT2D eigenvalue weighted by molar-refractivity contribution is 5.93. The fourth-order valence-corrected chi connectivity index (χ4v) is 3.00. The maximum absolute atomic E-state index is 12.9. The predicted molar refractivity (Wildman–Crippen MR) is 119 cm³/mol. The Morgan fingerprint density at radius 2 is 1.55 bits per heavy atom. The number of benzene rings is 1. The molecule has 1 aromatic carbocycles. The molecule has 0 heterocycles. The summed E-state index contributed by atoms with van der Waals surface area (Å²) in [6, 6.07) is 2.10. The molecule has 0 aliphatic rings. The van der Waals surface area contributed by atoms with E-state index in [1.807, 2.05) is 0 Å². The van der Waals surface area contributed by atoms with Gasteiger partial charge in [0.1, 0.15) is 23.9 Å². The summed E-state index contributed by atoms with van der Waals surface area (Å²) in [5.74, 6) is -3.47. The highest BCUT2D eigenvalue weighted by Crippen LogP contribution is 2.12. The number of nitrogens with two attached hydrogens (primary N) is 2. The van der Waals surface area contributed by atoms with Crippen molar-refractivity contribution in [3.05, 3.63) is 29.8 Å². The Bertz CT molecular complexity index is 801. The van der Waals surface area contributed by atoms with Gasteiger partial charge in [-0.2, -0.15) is 0 Å². The number of carbonyl (C=O) groups is 4. The number of hydrogen-bond donors (Lipinski definition) is 8. The van der Waals surface area contributed by atoms with Crippen LogP contribution < -0.4 is 27.4 Å². The smallest absolute Gasteiger partial charge is 0.326 e. The molecule has 10 N–H and O–H groups in total. The van der Waals surface area contributed by atoms with Crippen LogP contribution in [0.2, 0.25) is 0 Å². The van der Waals surface area contributed by atoms with Crippen LogP contribution >= 0.6 is 0 Å². The number of aliphatic carboxylic acids is 1. The molecule has 0 aromatic heterocycles. The summed E-state index contributed by atoms with van der Waals surface area (Å²) in [5.41, 5.74) is 11.3. The van der Waals surface area contributed by atoms with Crippen LogP contribution in [0.5, 0.6) is 5.75 Å². The Balaban J connectivity index is 2.96. The summed E-state index contributed by atoms with van der Waals surface area (Å²) in [5, 5.41) is 35.9. The van der Waals surface area contributed by atoms with Crippen molar-refractivity contribution in [2.75, 3.05) is 13.1 Å². The van der Waals surface area contributed by atoms with Crippen LogP contribution in [0.4, 0.5) is 0 Å². The lowest BCUT2D eigenvalue weighted by Gasteiger charge is -2.25. The highest BCUT2D eigenvalue weighted by Gasteiger charge is 2.31. The largest absolute Gasteiger partial charge is 0.508 e. The van der Waals surface area contributed by atoms with E-state index < -0.39 is 54.5 Å². The van der Waals surface area contributed by atoms with E-state index in [0.29, 0.717) is 24.9 Å². The Hall–Kier alpha value is -3.22. The number of aliphatic hydroxyl groups excluding tert-OH is 1. The van der Waals surface area contributed by atoms with Gasteiger partial charge >= 0.3 is 5.97 Å². The Labute approximate surface area is 191 Å². The number of amides is 3. The van der Waals surface area contributed by atoms with E-state index in [0.717, 1.165) is 0 Å². The number of rotatable bonds is 14. The third kappa shape index (κ3) is 9.85. The highest BCUT2D eigenvalue weighted by atomic mass is 16.4. The molecule has 0 spiro atoms. The van der Waals surface area contributed by atoms with Crippen molar-refractivity contribution in [3.8, 4) is 5.75 Å². The minimum atomic E-state index is -1.35. The first-order valence-electron chi connectivity index (χ1n) is 10.6. The molecule has 0 saturated heterocycles. The van der Waals surface area contributed by atoms with Gasteiger partial charge in [0, 0.05) is 6.42 Å². The molecule has 3 amide bonds. The Kier molecular flexibility index (Phi) is 11.8. The van der Waals surface area contributed by atoms with Crippen molar-refractivity contribution in [2.24, 2.45) is 11.5 Å². The molecular formula is C21H33N5O7. The molecule has 33 heavy (non-hydrogen) atoms. The van der Waals surface area contributed by atoms with Crippen molar-refractivity contribution < 1.29 is 34.5 Å². The average molecular weight is 468 g/mol. The number of hydrogen-bond acceptors (Lipinski definition) is 8. The molecule has 1 rings (SSSR count). The zero-order valence-electron chi connectivity index (χ0n) is 18.5. The standard InChI is InChI=1S/C21H33N5O7/c1-12(27)18(26-17(29)11-23)20(31)24-15(4-2-3-9-22)19(30)25-16(21(32)33)10-13-5-7-14(28)8-6-13/h5-8,12,15-16,18,27-28H,2-4,9-11,22-23H2,1H3,(H,24,31)(H,25,30)(H,26,29)(H,32,33). The molecule has 4 atom stereocenters. The number of carbonyl (C=O) groups excluding carboxylic acids is 3. The second-order valence-corrected chi connectivity index (χ2v) is 7.61. The quantitative estimate of drug-likeness (QED) is 0.141. The number of nitrogens with one attached hydrogen (secondary N) is 3. The number of unbranched alkanes of at least 4 members (excludes halogenated alkanes) is 1. The molecule has 4 unspecified atom stereocenters. The van der Waals surface area contributed by atoms with Gasteiger partial charge in [-0.15, -0.1) is 0 Å². The van der Waals surface area contributed by atoms with Crippen LogP contribution in [0.3, 0.4) is 0 Å². The summed E-state index contributed by atoms with van der Waals surface area (Å²) in [6.07, 6.45) is -0.113. The lowest BCUT2D eigenvalue weighted by molar-refractivity contribution is -0.142. The SMILES string of the molecule is CC(O)C(NC(=O)CN)C(=O)NC(CCCCN)C(=O)NC(Cc1ccc(O)cc1)C(=O)O. The van der Waals surface area contributed by atoms with Crippen molar-refractivity contribution in [1.82, 2.24) is 16.0 Å². The van der Waals surface area contributed by atoms with Gasteiger partial charge in [-0.1, -0.05) is 12.1 Å². The first-order valence-corrected chi connectivity index (χ1v) is 10.6. The molecule has 1 aromatic rings. The van der Waals surface area contributed by atoms with E-state index in [2.05, 4.69) is 16.0 Å². The van der Waals surface area contributed by atoms with Gasteiger partial charge in [0.25, 0.3) is 0 Å². The molecule has 184 valence electrons. The molecule has 0 radical (unpaired) electrons. The number of phenols is 1. The molecule has 0 saturated carbocycles. The zero-order valence-corrected chi connectivity index (χ0v) is 18.5. The summed E-state index contributed by atoms with van der Waals surface area (Å²) >= 11 is 0. The van der Waals surface area contributed by atoms with E-state index in [1.165, 1.54) is 31.2 Å². The van der Waals surface area contributed by atoms with E-state index >= 15 is 0 Å². The van der Waals surface area contributed by atoms with E-state index in [1.54, 1.807) is 0 Å². The second-order valence-electron chi connectivity index (χ2n) is 7.61. The Morgan fingerprint density at radius 1 is 0.939 bits per heavy atom. The van der Waals surface area contributed by atoms with Crippen molar-refractivity contribution in [1.29, 1.82) is 0 Å². The van der Waals surface area contributed by atoms with Crippen molar-refractivity contribution in [3.63, 3.8) is 0 Å². The Morgan fingerprint density at radius 3 is 2.06 bits per heavy atom. The summed E-state index contributed by atoms with van der Waals surface area (Å²) in [7, 11) is 0.